The molecule has 1 N–H and O–H groups in total. The summed E-state index contributed by atoms with van der Waals surface area (Å²) in [5.41, 5.74) is 3.48. The zero-order chi connectivity index (χ0) is 19.2. The van der Waals surface area contributed by atoms with Crippen molar-refractivity contribution in [3.05, 3.63) is 53.3 Å². The van der Waals surface area contributed by atoms with Crippen LogP contribution in [0.15, 0.2) is 36.5 Å². The first-order chi connectivity index (χ1) is 13.0. The first-order valence-corrected chi connectivity index (χ1v) is 10.1. The molecule has 27 heavy (non-hydrogen) atoms. The average molecular weight is 369 g/mol. The van der Waals surface area contributed by atoms with Gasteiger partial charge in [0.1, 0.15) is 0 Å². The summed E-state index contributed by atoms with van der Waals surface area (Å²) in [6.45, 7) is 7.33. The van der Waals surface area contributed by atoms with Crippen LogP contribution in [0.5, 0.6) is 0 Å². The Bertz CT molecular complexity index is 732. The lowest BCUT2D eigenvalue weighted by Crippen LogP contribution is -2.37. The lowest BCUT2D eigenvalue weighted by molar-refractivity contribution is -0.123. The fourth-order valence-corrected chi connectivity index (χ4v) is 4.03. The number of amides is 1. The Labute approximate surface area is 162 Å². The molecule has 1 atom stereocenters. The summed E-state index contributed by atoms with van der Waals surface area (Å²) in [4.78, 5) is 15.0. The molecule has 0 aliphatic carbocycles. The van der Waals surface area contributed by atoms with Gasteiger partial charge in [0.15, 0.2) is 0 Å². The third-order valence-corrected chi connectivity index (χ3v) is 5.64. The van der Waals surface area contributed by atoms with E-state index in [1.165, 1.54) is 5.56 Å². The Kier molecular flexibility index (Phi) is 6.67. The maximum absolute atomic E-state index is 12.5. The van der Waals surface area contributed by atoms with Gasteiger partial charge < -0.3 is 10.2 Å². The monoisotopic (exact) mass is 368 g/mol. The van der Waals surface area contributed by atoms with E-state index in [1.54, 1.807) is 4.68 Å². The topological polar surface area (TPSA) is 50.2 Å². The molecule has 146 valence electrons. The minimum absolute atomic E-state index is 0.0113. The summed E-state index contributed by atoms with van der Waals surface area (Å²) in [5.74, 6) is 0.661. The molecule has 1 aliphatic heterocycles. The molecule has 1 fully saturated rings. The van der Waals surface area contributed by atoms with E-state index >= 15 is 0 Å². The van der Waals surface area contributed by atoms with Gasteiger partial charge in [0, 0.05) is 31.8 Å². The van der Waals surface area contributed by atoms with Crippen LogP contribution in [0.4, 0.5) is 0 Å². The lowest BCUT2D eigenvalue weighted by atomic mass is 9.92. The van der Waals surface area contributed by atoms with Crippen LogP contribution in [-0.4, -0.2) is 40.2 Å². The molecule has 2 aromatic rings. The predicted molar refractivity (Wildman–Crippen MR) is 108 cm³/mol. The van der Waals surface area contributed by atoms with Gasteiger partial charge >= 0.3 is 0 Å². The van der Waals surface area contributed by atoms with Crippen molar-refractivity contribution in [1.29, 1.82) is 0 Å². The first kappa shape index (κ1) is 19.6. The molecule has 5 heteroatoms. The molecule has 0 radical (unpaired) electrons. The molecule has 0 saturated carbocycles. The number of nitrogens with one attached hydrogen (secondary N) is 1. The second kappa shape index (κ2) is 9.18. The quantitative estimate of drug-likeness (QED) is 0.816. The van der Waals surface area contributed by atoms with Crippen LogP contribution in [0.1, 0.15) is 49.0 Å². The van der Waals surface area contributed by atoms with Crippen LogP contribution in [-0.2, 0) is 18.3 Å². The molecule has 1 unspecified atom stereocenters. The minimum atomic E-state index is 0.0113. The van der Waals surface area contributed by atoms with Gasteiger partial charge in [-0.3, -0.25) is 9.48 Å². The van der Waals surface area contributed by atoms with E-state index in [0.717, 1.165) is 50.2 Å². The number of aromatic nitrogens is 2. The van der Waals surface area contributed by atoms with Gasteiger partial charge in [0.2, 0.25) is 5.91 Å². The Balaban J connectivity index is 1.38. The standard InChI is InChI=1S/C22H32N4O/c1-17(21-16-25(3)24-18(21)2)23-22(27)15-20-10-13-26(14-11-20)12-9-19-7-5-4-6-8-19/h4-8,16-17,20H,9-15H2,1-3H3,(H,23,27). The molecule has 1 aromatic carbocycles. The highest BCUT2D eigenvalue weighted by Crippen LogP contribution is 2.22. The summed E-state index contributed by atoms with van der Waals surface area (Å²) in [5, 5.41) is 7.51. The number of likely N-dealkylation sites (tertiary alicyclic amines) is 1. The van der Waals surface area contributed by atoms with Crippen molar-refractivity contribution < 1.29 is 4.79 Å². The van der Waals surface area contributed by atoms with Crippen molar-refractivity contribution >= 4 is 5.91 Å². The van der Waals surface area contributed by atoms with E-state index in [9.17, 15) is 4.79 Å². The van der Waals surface area contributed by atoms with E-state index in [-0.39, 0.29) is 11.9 Å². The fourth-order valence-electron chi connectivity index (χ4n) is 4.03. The van der Waals surface area contributed by atoms with Crippen LogP contribution in [0.2, 0.25) is 0 Å². The van der Waals surface area contributed by atoms with Crippen LogP contribution in [0.3, 0.4) is 0 Å². The third-order valence-electron chi connectivity index (χ3n) is 5.64. The van der Waals surface area contributed by atoms with Crippen molar-refractivity contribution in [2.45, 2.75) is 45.6 Å². The molecule has 0 spiro atoms. The summed E-state index contributed by atoms with van der Waals surface area (Å²) in [6.07, 6.45) is 5.96. The number of benzene rings is 1. The number of piperidine rings is 1. The molecule has 3 rings (SSSR count). The Morgan fingerprint density at radius 3 is 2.59 bits per heavy atom. The van der Waals surface area contributed by atoms with Crippen LogP contribution in [0, 0.1) is 12.8 Å². The average Bonchev–Trinajstić information content (AvgIpc) is 3.00. The molecule has 1 amide bonds. The van der Waals surface area contributed by atoms with E-state index in [4.69, 9.17) is 0 Å². The number of hydrogen-bond donors (Lipinski definition) is 1. The third kappa shape index (κ3) is 5.67. The van der Waals surface area contributed by atoms with E-state index < -0.39 is 0 Å². The van der Waals surface area contributed by atoms with Gasteiger partial charge in [-0.15, -0.1) is 0 Å². The highest BCUT2D eigenvalue weighted by molar-refractivity contribution is 5.76. The van der Waals surface area contributed by atoms with E-state index in [0.29, 0.717) is 12.3 Å². The smallest absolute Gasteiger partial charge is 0.220 e. The van der Waals surface area contributed by atoms with Crippen LogP contribution >= 0.6 is 0 Å². The van der Waals surface area contributed by atoms with Gasteiger partial charge in [-0.1, -0.05) is 30.3 Å². The number of hydrogen-bond acceptors (Lipinski definition) is 3. The molecule has 1 aromatic heterocycles. The first-order valence-electron chi connectivity index (χ1n) is 10.1. The van der Waals surface area contributed by atoms with E-state index in [2.05, 4.69) is 45.6 Å². The summed E-state index contributed by atoms with van der Waals surface area (Å²) in [7, 11) is 1.91. The number of nitrogens with zero attached hydrogens (tertiary/aromatic N) is 3. The molecule has 5 nitrogen and oxygen atoms in total. The van der Waals surface area contributed by atoms with Gasteiger partial charge in [-0.05, 0) is 57.7 Å². The lowest BCUT2D eigenvalue weighted by Gasteiger charge is -2.31. The van der Waals surface area contributed by atoms with Crippen LogP contribution in [0.25, 0.3) is 0 Å². The Hall–Kier alpha value is -2.14. The maximum Gasteiger partial charge on any atom is 0.220 e. The zero-order valence-electron chi connectivity index (χ0n) is 16.8. The highest BCUT2D eigenvalue weighted by Gasteiger charge is 2.22. The van der Waals surface area contributed by atoms with Crippen LogP contribution < -0.4 is 5.32 Å². The minimum Gasteiger partial charge on any atom is -0.349 e. The molecule has 0 bridgehead atoms. The Morgan fingerprint density at radius 2 is 1.96 bits per heavy atom. The van der Waals surface area contributed by atoms with Crippen molar-refractivity contribution in [1.82, 2.24) is 20.0 Å². The zero-order valence-corrected chi connectivity index (χ0v) is 16.8. The Morgan fingerprint density at radius 1 is 1.26 bits per heavy atom. The number of aryl methyl sites for hydroxylation is 2. The molecular weight excluding hydrogens is 336 g/mol. The molecule has 1 aliphatic rings. The normalized spacial score (nSPS) is 17.0. The fraction of sp³-hybridized carbons (Fsp3) is 0.545. The number of rotatable bonds is 7. The summed E-state index contributed by atoms with van der Waals surface area (Å²) in [6, 6.07) is 10.7. The SMILES string of the molecule is Cc1nn(C)cc1C(C)NC(=O)CC1CCN(CCc2ccccc2)CC1. The predicted octanol–water partition coefficient (Wildman–Crippen LogP) is 3.25. The summed E-state index contributed by atoms with van der Waals surface area (Å²) >= 11 is 0. The van der Waals surface area contributed by atoms with Gasteiger partial charge in [-0.25, -0.2) is 0 Å². The van der Waals surface area contributed by atoms with Gasteiger partial charge in [-0.2, -0.15) is 5.10 Å². The molecule has 1 saturated heterocycles. The number of carbonyl (C=O) groups excluding carboxylic acids is 1. The summed E-state index contributed by atoms with van der Waals surface area (Å²) < 4.78 is 1.80. The largest absolute Gasteiger partial charge is 0.349 e. The van der Waals surface area contributed by atoms with Gasteiger partial charge in [0.05, 0.1) is 11.7 Å². The molecule has 2 heterocycles. The second-order valence-electron chi connectivity index (χ2n) is 7.86. The number of carbonyl (C=O) groups is 1. The molecular formula is C22H32N4O. The highest BCUT2D eigenvalue weighted by atomic mass is 16.1. The maximum atomic E-state index is 12.5. The van der Waals surface area contributed by atoms with Crippen molar-refractivity contribution in [3.63, 3.8) is 0 Å². The van der Waals surface area contributed by atoms with Crippen molar-refractivity contribution in [2.75, 3.05) is 19.6 Å². The van der Waals surface area contributed by atoms with Gasteiger partial charge in [0.25, 0.3) is 0 Å². The van der Waals surface area contributed by atoms with Crippen molar-refractivity contribution in [3.8, 4) is 0 Å². The van der Waals surface area contributed by atoms with E-state index in [1.807, 2.05) is 27.1 Å². The second-order valence-corrected chi connectivity index (χ2v) is 7.86. The van der Waals surface area contributed by atoms with Crippen molar-refractivity contribution in [2.24, 2.45) is 13.0 Å².